The molecule has 8 nitrogen and oxygen atoms in total. The predicted molar refractivity (Wildman–Crippen MR) is 66.6 cm³/mol. The van der Waals surface area contributed by atoms with Crippen LogP contribution in [-0.2, 0) is 9.59 Å². The van der Waals surface area contributed by atoms with Crippen LogP contribution in [0, 0.1) is 0 Å². The fraction of sp³-hybridized carbons (Fsp3) is 0.818. The summed E-state index contributed by atoms with van der Waals surface area (Å²) < 4.78 is 0. The van der Waals surface area contributed by atoms with E-state index in [0.717, 1.165) is 6.54 Å². The zero-order valence-electron chi connectivity index (χ0n) is 10.9. The number of hydrogen-bond acceptors (Lipinski definition) is 6. The van der Waals surface area contributed by atoms with Gasteiger partial charge in [0, 0.05) is 12.6 Å². The van der Waals surface area contributed by atoms with Gasteiger partial charge in [0.05, 0.1) is 0 Å². The third-order valence-electron chi connectivity index (χ3n) is 2.98. The van der Waals surface area contributed by atoms with Crippen LogP contribution in [0.3, 0.4) is 0 Å². The van der Waals surface area contributed by atoms with Gasteiger partial charge in [-0.05, 0) is 25.9 Å². The molecule has 0 aromatic heterocycles. The summed E-state index contributed by atoms with van der Waals surface area (Å²) in [4.78, 5) is 22.0. The number of aliphatic hydroxyl groups is 2. The third kappa shape index (κ3) is 5.97. The normalized spacial score (nSPS) is 22.2. The lowest BCUT2D eigenvalue weighted by Crippen LogP contribution is -2.39. The Bertz CT molecular complexity index is 271. The van der Waals surface area contributed by atoms with Crippen LogP contribution in [0.5, 0.6) is 0 Å². The van der Waals surface area contributed by atoms with E-state index >= 15 is 0 Å². The smallest absolute Gasteiger partial charge is 0.335 e. The topological polar surface area (TPSA) is 144 Å². The van der Waals surface area contributed by atoms with Gasteiger partial charge in [0.2, 0.25) is 0 Å². The highest BCUT2D eigenvalue weighted by molar-refractivity contribution is 5.83. The maximum absolute atomic E-state index is 9.77. The number of hydrogen-bond donors (Lipinski definition) is 5. The maximum atomic E-state index is 9.77. The molecule has 0 unspecified atom stereocenters. The molecule has 3 atom stereocenters. The second-order valence-corrected chi connectivity index (χ2v) is 4.23. The summed E-state index contributed by atoms with van der Waals surface area (Å²) in [6, 6.07) is 0.690. The van der Waals surface area contributed by atoms with E-state index < -0.39 is 24.1 Å². The molecular formula is C11H22N2O6. The number of likely N-dealkylation sites (N-methyl/N-ethyl adjacent to an activating group) is 1. The summed E-state index contributed by atoms with van der Waals surface area (Å²) >= 11 is 0. The number of carboxylic acid groups (broad SMARTS) is 2. The van der Waals surface area contributed by atoms with Crippen molar-refractivity contribution in [3.63, 3.8) is 0 Å². The van der Waals surface area contributed by atoms with Crippen LogP contribution < -0.4 is 5.73 Å². The molecule has 8 heteroatoms. The number of likely N-dealkylation sites (tertiary alicyclic amines) is 1. The number of nitrogens with two attached hydrogens (primary N) is 1. The summed E-state index contributed by atoms with van der Waals surface area (Å²) in [7, 11) is 0. The Morgan fingerprint density at radius 1 is 1.26 bits per heavy atom. The zero-order valence-corrected chi connectivity index (χ0v) is 10.9. The summed E-state index contributed by atoms with van der Waals surface area (Å²) in [5.74, 6) is -3.54. The standard InChI is InChI=1S/C7H16N2.C4H6O6/c1-2-9-5-3-4-7(9)6-8;5-1(3(7)8)2(6)4(9)10/h7H,2-6,8H2,1H3;1-2,5-6H,(H,7,8)(H,9,10)/t7-;1-,2-/m00/s1. The molecule has 1 heterocycles. The number of carboxylic acids is 2. The van der Waals surface area contributed by atoms with Crippen LogP contribution in [0.15, 0.2) is 0 Å². The Morgan fingerprint density at radius 2 is 1.74 bits per heavy atom. The van der Waals surface area contributed by atoms with E-state index in [4.69, 9.17) is 26.2 Å². The molecule has 0 bridgehead atoms. The molecular weight excluding hydrogens is 256 g/mol. The van der Waals surface area contributed by atoms with Gasteiger partial charge < -0.3 is 26.2 Å². The molecule has 19 heavy (non-hydrogen) atoms. The molecule has 6 N–H and O–H groups in total. The minimum absolute atomic E-state index is 0.690. The molecule has 0 aromatic rings. The van der Waals surface area contributed by atoms with E-state index in [1.165, 1.54) is 25.9 Å². The molecule has 1 aliphatic rings. The zero-order chi connectivity index (χ0) is 15.0. The van der Waals surface area contributed by atoms with Crippen molar-refractivity contribution in [2.24, 2.45) is 5.73 Å². The van der Waals surface area contributed by atoms with Crippen LogP contribution in [0.25, 0.3) is 0 Å². The Kier molecular flexibility index (Phi) is 8.24. The molecule has 112 valence electrons. The lowest BCUT2D eigenvalue weighted by molar-refractivity contribution is -0.165. The number of nitrogens with zero attached hydrogens (tertiary/aromatic N) is 1. The molecule has 1 aliphatic heterocycles. The highest BCUT2D eigenvalue weighted by Crippen LogP contribution is 2.14. The van der Waals surface area contributed by atoms with Crippen LogP contribution >= 0.6 is 0 Å². The first-order chi connectivity index (χ1) is 8.84. The molecule has 0 aliphatic carbocycles. The van der Waals surface area contributed by atoms with E-state index in [2.05, 4.69) is 11.8 Å². The molecule has 0 aromatic carbocycles. The van der Waals surface area contributed by atoms with Crippen molar-refractivity contribution < 1.29 is 30.0 Å². The fourth-order valence-corrected chi connectivity index (χ4v) is 1.85. The molecule has 0 spiro atoms. The Hall–Kier alpha value is -1.22. The molecule has 1 rings (SSSR count). The van der Waals surface area contributed by atoms with E-state index in [9.17, 15) is 9.59 Å². The van der Waals surface area contributed by atoms with Crippen LogP contribution in [0.4, 0.5) is 0 Å². The van der Waals surface area contributed by atoms with Gasteiger partial charge in [-0.25, -0.2) is 9.59 Å². The summed E-state index contributed by atoms with van der Waals surface area (Å²) in [5.41, 5.74) is 5.56. The van der Waals surface area contributed by atoms with Crippen molar-refractivity contribution in [2.45, 2.75) is 38.0 Å². The van der Waals surface area contributed by atoms with E-state index in [0.29, 0.717) is 6.04 Å². The highest BCUT2D eigenvalue weighted by Gasteiger charge is 2.29. The minimum Gasteiger partial charge on any atom is -0.479 e. The molecule has 0 radical (unpaired) electrons. The molecule has 0 saturated carbocycles. The van der Waals surface area contributed by atoms with Crippen molar-refractivity contribution in [1.82, 2.24) is 4.90 Å². The van der Waals surface area contributed by atoms with Crippen molar-refractivity contribution >= 4 is 11.9 Å². The molecule has 1 saturated heterocycles. The predicted octanol–water partition coefficient (Wildman–Crippen LogP) is -1.69. The fourth-order valence-electron chi connectivity index (χ4n) is 1.85. The van der Waals surface area contributed by atoms with E-state index in [1.54, 1.807) is 0 Å². The summed E-state index contributed by atoms with van der Waals surface area (Å²) in [6.07, 6.45) is -1.88. The van der Waals surface area contributed by atoms with Gasteiger partial charge in [-0.3, -0.25) is 4.90 Å². The van der Waals surface area contributed by atoms with Gasteiger partial charge in [-0.15, -0.1) is 0 Å². The van der Waals surface area contributed by atoms with Crippen LogP contribution in [-0.4, -0.2) is 75.1 Å². The van der Waals surface area contributed by atoms with Gasteiger partial charge in [0.25, 0.3) is 0 Å². The Morgan fingerprint density at radius 3 is 2.00 bits per heavy atom. The van der Waals surface area contributed by atoms with Crippen LogP contribution in [0.1, 0.15) is 19.8 Å². The second-order valence-electron chi connectivity index (χ2n) is 4.23. The van der Waals surface area contributed by atoms with Gasteiger partial charge in [0.15, 0.2) is 12.2 Å². The number of aliphatic carboxylic acids is 2. The van der Waals surface area contributed by atoms with E-state index in [1.807, 2.05) is 0 Å². The lowest BCUT2D eigenvalue weighted by Gasteiger charge is -2.20. The van der Waals surface area contributed by atoms with Crippen molar-refractivity contribution in [2.75, 3.05) is 19.6 Å². The van der Waals surface area contributed by atoms with Gasteiger partial charge >= 0.3 is 11.9 Å². The minimum atomic E-state index is -2.27. The van der Waals surface area contributed by atoms with Crippen molar-refractivity contribution in [1.29, 1.82) is 0 Å². The first kappa shape index (κ1) is 17.8. The highest BCUT2D eigenvalue weighted by atomic mass is 16.4. The quantitative estimate of drug-likeness (QED) is 0.400. The number of rotatable bonds is 5. The van der Waals surface area contributed by atoms with Gasteiger partial charge in [0.1, 0.15) is 0 Å². The van der Waals surface area contributed by atoms with Crippen LogP contribution in [0.2, 0.25) is 0 Å². The Labute approximate surface area is 111 Å². The first-order valence-electron chi connectivity index (χ1n) is 6.11. The number of carbonyl (C=O) groups is 2. The largest absolute Gasteiger partial charge is 0.479 e. The molecule has 0 amide bonds. The maximum Gasteiger partial charge on any atom is 0.335 e. The second kappa shape index (κ2) is 8.81. The average Bonchev–Trinajstić information content (AvgIpc) is 2.84. The average molecular weight is 278 g/mol. The van der Waals surface area contributed by atoms with E-state index in [-0.39, 0.29) is 0 Å². The third-order valence-corrected chi connectivity index (χ3v) is 2.98. The first-order valence-corrected chi connectivity index (χ1v) is 6.11. The lowest BCUT2D eigenvalue weighted by atomic mass is 10.2. The van der Waals surface area contributed by atoms with Gasteiger partial charge in [-0.2, -0.15) is 0 Å². The SMILES string of the molecule is CCN1CCC[C@H]1CN.O=C(O)[C@@H](O)[C@H](O)C(=O)O. The van der Waals surface area contributed by atoms with Crippen molar-refractivity contribution in [3.8, 4) is 0 Å². The summed E-state index contributed by atoms with van der Waals surface area (Å²) in [5, 5.41) is 32.5. The Balaban J connectivity index is 0.000000342. The van der Waals surface area contributed by atoms with Crippen molar-refractivity contribution in [3.05, 3.63) is 0 Å². The summed E-state index contributed by atoms with van der Waals surface area (Å²) in [6.45, 7) is 5.47. The van der Waals surface area contributed by atoms with Gasteiger partial charge in [-0.1, -0.05) is 6.92 Å². The monoisotopic (exact) mass is 278 g/mol. The molecule has 1 fully saturated rings. The number of aliphatic hydroxyl groups excluding tert-OH is 2.